The quantitative estimate of drug-likeness (QED) is 0.199. The van der Waals surface area contributed by atoms with E-state index in [4.69, 9.17) is 5.26 Å². The monoisotopic (exact) mass is 544 g/mol. The fourth-order valence-corrected chi connectivity index (χ4v) is 3.44. The van der Waals surface area contributed by atoms with Gasteiger partial charge in [0.05, 0.1) is 22.9 Å². The van der Waals surface area contributed by atoms with Gasteiger partial charge in [0.25, 0.3) is 0 Å². The first-order valence-corrected chi connectivity index (χ1v) is 13.4. The third kappa shape index (κ3) is 10.4. The van der Waals surface area contributed by atoms with Crippen LogP contribution >= 0.6 is 0 Å². The average Bonchev–Trinajstić information content (AvgIpc) is 2.93. The Labute approximate surface area is 237 Å². The average molecular weight is 545 g/mol. The SMILES string of the molecule is CCCNc1nc(Nc2ccc(C#N)cc2)nc(C)c1C#CCCCNC(=O)C(C)N(C)C(=O)/C=C/CN(C)C. The number of nitrogens with one attached hydrogen (secondary N) is 3. The second-order valence-electron chi connectivity index (χ2n) is 9.58. The highest BCUT2D eigenvalue weighted by molar-refractivity contribution is 5.92. The van der Waals surface area contributed by atoms with E-state index in [-0.39, 0.29) is 11.8 Å². The van der Waals surface area contributed by atoms with Crippen molar-refractivity contribution in [1.29, 1.82) is 5.26 Å². The van der Waals surface area contributed by atoms with E-state index in [0.29, 0.717) is 43.3 Å². The van der Waals surface area contributed by atoms with Gasteiger partial charge in [0.1, 0.15) is 11.9 Å². The number of rotatable bonds is 13. The van der Waals surface area contributed by atoms with Gasteiger partial charge < -0.3 is 25.8 Å². The highest BCUT2D eigenvalue weighted by Crippen LogP contribution is 2.20. The predicted octanol–water partition coefficient (Wildman–Crippen LogP) is 3.43. The Hall–Kier alpha value is -4.41. The number of benzene rings is 1. The number of unbranched alkanes of at least 4 members (excludes halogenated alkanes) is 1. The molecule has 0 fully saturated rings. The molecule has 2 amide bonds. The van der Waals surface area contributed by atoms with Crippen LogP contribution in [0.5, 0.6) is 0 Å². The fourth-order valence-electron chi connectivity index (χ4n) is 3.44. The Balaban J connectivity index is 1.94. The van der Waals surface area contributed by atoms with Gasteiger partial charge in [0.15, 0.2) is 0 Å². The van der Waals surface area contributed by atoms with Gasteiger partial charge in [-0.15, -0.1) is 0 Å². The predicted molar refractivity (Wildman–Crippen MR) is 159 cm³/mol. The molecule has 1 aromatic heterocycles. The number of nitrogens with zero attached hydrogens (tertiary/aromatic N) is 5. The van der Waals surface area contributed by atoms with Gasteiger partial charge in [-0.05, 0) is 65.0 Å². The second kappa shape index (κ2) is 16.5. The van der Waals surface area contributed by atoms with Crippen LogP contribution in [-0.4, -0.2) is 78.4 Å². The molecule has 0 saturated carbocycles. The molecule has 2 aromatic rings. The van der Waals surface area contributed by atoms with Gasteiger partial charge in [-0.25, -0.2) is 4.98 Å². The minimum absolute atomic E-state index is 0.203. The van der Waals surface area contributed by atoms with E-state index in [1.807, 2.05) is 38.1 Å². The van der Waals surface area contributed by atoms with Crippen molar-refractivity contribution in [1.82, 2.24) is 25.1 Å². The summed E-state index contributed by atoms with van der Waals surface area (Å²) in [6, 6.07) is 8.61. The molecule has 2 rings (SSSR count). The number of aryl methyl sites for hydroxylation is 1. The zero-order chi connectivity index (χ0) is 29.5. The Kier molecular flexibility index (Phi) is 13.1. The first-order valence-electron chi connectivity index (χ1n) is 13.4. The van der Waals surface area contributed by atoms with Crippen molar-refractivity contribution in [3.8, 4) is 17.9 Å². The van der Waals surface area contributed by atoms with E-state index in [0.717, 1.165) is 29.9 Å². The first-order chi connectivity index (χ1) is 19.2. The van der Waals surface area contributed by atoms with Crippen LogP contribution in [-0.2, 0) is 9.59 Å². The number of aromatic nitrogens is 2. The number of anilines is 3. The number of carbonyl (C=O) groups excluding carboxylic acids is 2. The number of amides is 2. The van der Waals surface area contributed by atoms with Crippen molar-refractivity contribution in [2.75, 3.05) is 51.4 Å². The number of hydrogen-bond acceptors (Lipinski definition) is 8. The van der Waals surface area contributed by atoms with Crippen LogP contribution in [0.15, 0.2) is 36.4 Å². The van der Waals surface area contributed by atoms with Crippen LogP contribution in [0.1, 0.15) is 49.9 Å². The standard InChI is InChI=1S/C30H40N8O2/c1-7-18-32-28-26(22(2)34-30(36-28)35-25-16-14-24(21-31)15-17-25)12-9-8-10-19-33-29(40)23(3)38(6)27(39)13-11-20-37(4)5/h11,13-17,23H,7-8,10,18-20H2,1-6H3,(H,33,40)(H2,32,34,35,36)/b13-11+. The second-order valence-corrected chi connectivity index (χ2v) is 9.58. The van der Waals surface area contributed by atoms with Gasteiger partial charge in [0.2, 0.25) is 17.8 Å². The highest BCUT2D eigenvalue weighted by atomic mass is 16.2. The first kappa shape index (κ1) is 31.8. The van der Waals surface area contributed by atoms with Crippen molar-refractivity contribution in [3.05, 3.63) is 53.2 Å². The summed E-state index contributed by atoms with van der Waals surface area (Å²) in [4.78, 5) is 37.3. The summed E-state index contributed by atoms with van der Waals surface area (Å²) in [7, 11) is 5.46. The van der Waals surface area contributed by atoms with Crippen molar-refractivity contribution in [2.45, 2.75) is 46.1 Å². The molecule has 212 valence electrons. The molecular weight excluding hydrogens is 504 g/mol. The van der Waals surface area contributed by atoms with Crippen LogP contribution in [0.3, 0.4) is 0 Å². The Morgan fingerprint density at radius 1 is 1.12 bits per heavy atom. The highest BCUT2D eigenvalue weighted by Gasteiger charge is 2.20. The molecule has 0 aliphatic rings. The van der Waals surface area contributed by atoms with E-state index >= 15 is 0 Å². The van der Waals surface area contributed by atoms with Crippen LogP contribution in [0.2, 0.25) is 0 Å². The number of likely N-dealkylation sites (N-methyl/N-ethyl adjacent to an activating group) is 2. The summed E-state index contributed by atoms with van der Waals surface area (Å²) in [6.07, 6.45) is 5.44. The number of hydrogen-bond donors (Lipinski definition) is 3. The summed E-state index contributed by atoms with van der Waals surface area (Å²) in [5, 5.41) is 18.4. The van der Waals surface area contributed by atoms with Crippen molar-refractivity contribution in [2.24, 2.45) is 0 Å². The molecule has 1 atom stereocenters. The molecule has 1 aromatic carbocycles. The Morgan fingerprint density at radius 3 is 2.50 bits per heavy atom. The van der Waals surface area contributed by atoms with E-state index in [1.54, 1.807) is 32.2 Å². The van der Waals surface area contributed by atoms with Crippen LogP contribution in [0.4, 0.5) is 17.5 Å². The van der Waals surface area contributed by atoms with Gasteiger partial charge in [0, 0.05) is 44.9 Å². The topological polar surface area (TPSA) is 126 Å². The lowest BCUT2D eigenvalue weighted by Gasteiger charge is -2.23. The molecular formula is C30H40N8O2. The van der Waals surface area contributed by atoms with E-state index in [2.05, 4.69) is 50.8 Å². The molecule has 0 aliphatic heterocycles. The zero-order valence-corrected chi connectivity index (χ0v) is 24.3. The minimum atomic E-state index is -0.578. The molecule has 1 heterocycles. The van der Waals surface area contributed by atoms with E-state index in [9.17, 15) is 9.59 Å². The minimum Gasteiger partial charge on any atom is -0.369 e. The van der Waals surface area contributed by atoms with Gasteiger partial charge >= 0.3 is 0 Å². The molecule has 0 spiro atoms. The van der Waals surface area contributed by atoms with Crippen molar-refractivity contribution >= 4 is 29.3 Å². The largest absolute Gasteiger partial charge is 0.369 e. The molecule has 10 nitrogen and oxygen atoms in total. The van der Waals surface area contributed by atoms with Gasteiger partial charge in [-0.3, -0.25) is 9.59 Å². The van der Waals surface area contributed by atoms with Crippen LogP contribution < -0.4 is 16.0 Å². The fraction of sp³-hybridized carbons (Fsp3) is 0.433. The lowest BCUT2D eigenvalue weighted by atomic mass is 10.2. The molecule has 10 heteroatoms. The third-order valence-electron chi connectivity index (χ3n) is 5.93. The Bertz CT molecular complexity index is 1270. The van der Waals surface area contributed by atoms with Crippen molar-refractivity contribution in [3.63, 3.8) is 0 Å². The van der Waals surface area contributed by atoms with Crippen LogP contribution in [0, 0.1) is 30.1 Å². The van der Waals surface area contributed by atoms with Crippen molar-refractivity contribution < 1.29 is 9.59 Å². The summed E-state index contributed by atoms with van der Waals surface area (Å²) in [5.41, 5.74) is 2.84. The molecule has 0 bridgehead atoms. The summed E-state index contributed by atoms with van der Waals surface area (Å²) in [5.74, 6) is 7.05. The normalized spacial score (nSPS) is 11.3. The van der Waals surface area contributed by atoms with E-state index in [1.165, 1.54) is 11.0 Å². The number of nitriles is 1. The molecule has 3 N–H and O–H groups in total. The van der Waals surface area contributed by atoms with E-state index < -0.39 is 6.04 Å². The third-order valence-corrected chi connectivity index (χ3v) is 5.93. The molecule has 0 radical (unpaired) electrons. The number of carbonyl (C=O) groups is 2. The Morgan fingerprint density at radius 2 is 1.85 bits per heavy atom. The molecule has 1 unspecified atom stereocenters. The summed E-state index contributed by atoms with van der Waals surface area (Å²) in [6.45, 7) is 7.53. The maximum atomic E-state index is 12.5. The van der Waals surface area contributed by atoms with Gasteiger partial charge in [-0.2, -0.15) is 10.2 Å². The van der Waals surface area contributed by atoms with Crippen LogP contribution in [0.25, 0.3) is 0 Å². The lowest BCUT2D eigenvalue weighted by molar-refractivity contribution is -0.135. The summed E-state index contributed by atoms with van der Waals surface area (Å²) >= 11 is 0. The van der Waals surface area contributed by atoms with Gasteiger partial charge in [-0.1, -0.05) is 24.8 Å². The zero-order valence-electron chi connectivity index (χ0n) is 24.3. The molecule has 40 heavy (non-hydrogen) atoms. The molecule has 0 saturated heterocycles. The maximum Gasteiger partial charge on any atom is 0.246 e. The maximum absolute atomic E-state index is 12.5. The smallest absolute Gasteiger partial charge is 0.246 e. The summed E-state index contributed by atoms with van der Waals surface area (Å²) < 4.78 is 0. The lowest BCUT2D eigenvalue weighted by Crippen LogP contribution is -2.45. The molecule has 0 aliphatic carbocycles.